The van der Waals surface area contributed by atoms with E-state index in [4.69, 9.17) is 4.42 Å². The van der Waals surface area contributed by atoms with Gasteiger partial charge in [0.15, 0.2) is 0 Å². The number of rotatable bonds is 6. The minimum absolute atomic E-state index is 0.597. The minimum atomic E-state index is 0.597. The van der Waals surface area contributed by atoms with E-state index in [2.05, 4.69) is 27.0 Å². The first-order valence-corrected chi connectivity index (χ1v) is 8.04. The van der Waals surface area contributed by atoms with Crippen molar-refractivity contribution in [2.24, 2.45) is 5.92 Å². The van der Waals surface area contributed by atoms with Crippen molar-refractivity contribution in [1.29, 1.82) is 0 Å². The molecular weight excluding hydrogens is 266 g/mol. The quantitative estimate of drug-likeness (QED) is 0.791. The van der Waals surface area contributed by atoms with Gasteiger partial charge < -0.3 is 14.2 Å². The van der Waals surface area contributed by atoms with Crippen molar-refractivity contribution >= 4 is 6.01 Å². The lowest BCUT2D eigenvalue weighted by Gasteiger charge is -2.36. The molecule has 1 aromatic heterocycles. The molecule has 1 aromatic rings. The zero-order valence-corrected chi connectivity index (χ0v) is 13.5. The molecule has 6 nitrogen and oxygen atoms in total. The van der Waals surface area contributed by atoms with E-state index < -0.39 is 0 Å². The molecule has 1 saturated heterocycles. The van der Waals surface area contributed by atoms with Crippen LogP contribution in [0.25, 0.3) is 0 Å². The number of anilines is 1. The van der Waals surface area contributed by atoms with Gasteiger partial charge in [0.2, 0.25) is 5.89 Å². The van der Waals surface area contributed by atoms with Gasteiger partial charge in [0, 0.05) is 26.7 Å². The normalized spacial score (nSPS) is 21.1. The molecule has 1 aliphatic carbocycles. The fourth-order valence-electron chi connectivity index (χ4n) is 3.00. The number of hydrogen-bond donors (Lipinski definition) is 0. The Kier molecular flexibility index (Phi) is 4.45. The third kappa shape index (κ3) is 3.95. The van der Waals surface area contributed by atoms with Crippen molar-refractivity contribution in [3.63, 3.8) is 0 Å². The molecule has 0 radical (unpaired) electrons. The molecule has 0 bridgehead atoms. The summed E-state index contributed by atoms with van der Waals surface area (Å²) < 4.78 is 5.74. The van der Waals surface area contributed by atoms with E-state index in [-0.39, 0.29) is 0 Å². The summed E-state index contributed by atoms with van der Waals surface area (Å²) >= 11 is 0. The summed E-state index contributed by atoms with van der Waals surface area (Å²) in [5.41, 5.74) is 0. The third-order valence-corrected chi connectivity index (χ3v) is 4.57. The van der Waals surface area contributed by atoms with Crippen molar-refractivity contribution in [1.82, 2.24) is 20.0 Å². The van der Waals surface area contributed by atoms with Crippen LogP contribution in [0.1, 0.15) is 31.6 Å². The fourth-order valence-corrected chi connectivity index (χ4v) is 3.00. The van der Waals surface area contributed by atoms with Crippen molar-refractivity contribution in [3.8, 4) is 0 Å². The molecule has 1 aliphatic heterocycles. The van der Waals surface area contributed by atoms with E-state index >= 15 is 0 Å². The summed E-state index contributed by atoms with van der Waals surface area (Å²) in [7, 11) is 6.06. The molecule has 0 spiro atoms. The van der Waals surface area contributed by atoms with Gasteiger partial charge in [-0.2, -0.15) is 0 Å². The second kappa shape index (κ2) is 6.32. The van der Waals surface area contributed by atoms with Gasteiger partial charge in [-0.1, -0.05) is 5.10 Å². The summed E-state index contributed by atoms with van der Waals surface area (Å²) in [5, 5.41) is 8.30. The van der Waals surface area contributed by atoms with Gasteiger partial charge in [0.25, 0.3) is 0 Å². The molecule has 2 aliphatic rings. The number of hydrogen-bond acceptors (Lipinski definition) is 6. The van der Waals surface area contributed by atoms with E-state index in [9.17, 15) is 0 Å². The van der Waals surface area contributed by atoms with E-state index in [1.807, 2.05) is 19.0 Å². The van der Waals surface area contributed by atoms with Crippen LogP contribution in [-0.2, 0) is 6.54 Å². The summed E-state index contributed by atoms with van der Waals surface area (Å²) in [6.45, 7) is 4.37. The Morgan fingerprint density at radius 1 is 1.14 bits per heavy atom. The summed E-state index contributed by atoms with van der Waals surface area (Å²) in [6, 6.07) is 1.26. The lowest BCUT2D eigenvalue weighted by Crippen LogP contribution is -2.44. The highest BCUT2D eigenvalue weighted by atomic mass is 16.4. The van der Waals surface area contributed by atoms with Crippen LogP contribution in [-0.4, -0.2) is 66.8 Å². The maximum Gasteiger partial charge on any atom is 0.317 e. The van der Waals surface area contributed by atoms with Gasteiger partial charge in [-0.3, -0.25) is 4.90 Å². The Balaban J connectivity index is 1.63. The molecule has 21 heavy (non-hydrogen) atoms. The monoisotopic (exact) mass is 293 g/mol. The highest BCUT2D eigenvalue weighted by Gasteiger charge is 2.30. The molecule has 0 N–H and O–H groups in total. The molecule has 118 valence electrons. The third-order valence-electron chi connectivity index (χ3n) is 4.57. The van der Waals surface area contributed by atoms with E-state index in [0.29, 0.717) is 12.1 Å². The van der Waals surface area contributed by atoms with E-state index in [1.165, 1.54) is 45.3 Å². The number of aromatic nitrogens is 2. The van der Waals surface area contributed by atoms with Gasteiger partial charge in [0.1, 0.15) is 0 Å². The molecule has 2 fully saturated rings. The van der Waals surface area contributed by atoms with Crippen LogP contribution in [0.4, 0.5) is 6.01 Å². The SMILES string of the molecule is CN1CCC(N(Cc2nnc(N(C)C)o2)CC2CC2)CC1. The lowest BCUT2D eigenvalue weighted by atomic mass is 10.0. The maximum atomic E-state index is 5.74. The molecule has 0 atom stereocenters. The molecule has 6 heteroatoms. The Morgan fingerprint density at radius 2 is 1.86 bits per heavy atom. The second-order valence-electron chi connectivity index (χ2n) is 6.78. The van der Waals surface area contributed by atoms with Crippen LogP contribution in [0, 0.1) is 5.92 Å². The zero-order chi connectivity index (χ0) is 14.8. The molecule has 2 heterocycles. The predicted octanol–water partition coefficient (Wildman–Crippen LogP) is 1.44. The standard InChI is InChI=1S/C15H27N5O/c1-18(2)15-17-16-14(21-15)11-20(10-12-4-5-12)13-6-8-19(3)9-7-13/h12-13H,4-11H2,1-3H3. The maximum absolute atomic E-state index is 5.74. The Morgan fingerprint density at radius 3 is 2.43 bits per heavy atom. The van der Waals surface area contributed by atoms with Crippen molar-refractivity contribution in [2.45, 2.75) is 38.3 Å². The zero-order valence-electron chi connectivity index (χ0n) is 13.5. The van der Waals surface area contributed by atoms with Crippen LogP contribution >= 0.6 is 0 Å². The summed E-state index contributed by atoms with van der Waals surface area (Å²) in [4.78, 5) is 6.86. The molecule has 1 saturated carbocycles. The number of nitrogens with zero attached hydrogens (tertiary/aromatic N) is 5. The van der Waals surface area contributed by atoms with E-state index in [0.717, 1.165) is 18.4 Å². The average molecular weight is 293 g/mol. The van der Waals surface area contributed by atoms with Crippen molar-refractivity contribution in [2.75, 3.05) is 45.7 Å². The predicted molar refractivity (Wildman–Crippen MR) is 82.3 cm³/mol. The van der Waals surface area contributed by atoms with Crippen LogP contribution in [0.5, 0.6) is 0 Å². The highest BCUT2D eigenvalue weighted by molar-refractivity contribution is 5.19. The van der Waals surface area contributed by atoms with Crippen LogP contribution in [0.2, 0.25) is 0 Å². The Bertz CT molecular complexity index is 449. The smallest absolute Gasteiger partial charge is 0.317 e. The van der Waals surface area contributed by atoms with Crippen LogP contribution < -0.4 is 4.90 Å². The molecule has 0 aromatic carbocycles. The number of piperidine rings is 1. The Hall–Kier alpha value is -1.14. The van der Waals surface area contributed by atoms with Gasteiger partial charge in [-0.25, -0.2) is 0 Å². The molecule has 3 rings (SSSR count). The lowest BCUT2D eigenvalue weighted by molar-refractivity contribution is 0.102. The first-order chi connectivity index (χ1) is 10.1. The van der Waals surface area contributed by atoms with Gasteiger partial charge in [-0.15, -0.1) is 5.10 Å². The summed E-state index contributed by atoms with van der Waals surface area (Å²) in [6.07, 6.45) is 5.27. The van der Waals surface area contributed by atoms with Gasteiger partial charge in [0.05, 0.1) is 6.54 Å². The fraction of sp³-hybridized carbons (Fsp3) is 0.867. The highest BCUT2D eigenvalue weighted by Crippen LogP contribution is 2.32. The first-order valence-electron chi connectivity index (χ1n) is 8.04. The van der Waals surface area contributed by atoms with Crippen molar-refractivity contribution < 1.29 is 4.42 Å². The molecule has 0 unspecified atom stereocenters. The minimum Gasteiger partial charge on any atom is -0.407 e. The number of likely N-dealkylation sites (tertiary alicyclic amines) is 1. The van der Waals surface area contributed by atoms with Crippen molar-refractivity contribution in [3.05, 3.63) is 5.89 Å². The van der Waals surface area contributed by atoms with Gasteiger partial charge in [-0.05, 0) is 51.7 Å². The largest absolute Gasteiger partial charge is 0.407 e. The van der Waals surface area contributed by atoms with E-state index in [1.54, 1.807) is 0 Å². The topological polar surface area (TPSA) is 48.6 Å². The second-order valence-corrected chi connectivity index (χ2v) is 6.78. The molecule has 0 amide bonds. The van der Waals surface area contributed by atoms with Gasteiger partial charge >= 0.3 is 6.01 Å². The Labute approximate surface area is 127 Å². The van der Waals surface area contributed by atoms with Crippen LogP contribution in [0.3, 0.4) is 0 Å². The molecular formula is C15H27N5O. The average Bonchev–Trinajstić information content (AvgIpc) is 3.14. The first kappa shape index (κ1) is 14.8. The summed E-state index contributed by atoms with van der Waals surface area (Å²) in [5.74, 6) is 1.64. The van der Waals surface area contributed by atoms with Crippen LogP contribution in [0.15, 0.2) is 4.42 Å².